The van der Waals surface area contributed by atoms with Gasteiger partial charge in [-0.1, -0.05) is 49.2 Å². The molecule has 102 valence electrons. The quantitative estimate of drug-likeness (QED) is 0.620. The minimum Gasteiger partial charge on any atom is -0.376 e. The number of nitrogens with two attached hydrogens (primary N) is 1. The molecule has 0 saturated carbocycles. The number of nitrogens with one attached hydrogen (secondary N) is 1. The molecule has 1 aromatic carbocycles. The van der Waals surface area contributed by atoms with Gasteiger partial charge >= 0.3 is 0 Å². The van der Waals surface area contributed by atoms with Gasteiger partial charge in [-0.05, 0) is 24.5 Å². The van der Waals surface area contributed by atoms with Crippen LogP contribution in [-0.2, 0) is 4.74 Å². The van der Waals surface area contributed by atoms with Crippen molar-refractivity contribution in [3.8, 4) is 0 Å². The van der Waals surface area contributed by atoms with E-state index in [0.717, 1.165) is 18.4 Å². The van der Waals surface area contributed by atoms with Crippen molar-refractivity contribution < 1.29 is 4.74 Å². The van der Waals surface area contributed by atoms with Crippen molar-refractivity contribution in [2.45, 2.75) is 38.3 Å². The molecule has 0 heterocycles. The van der Waals surface area contributed by atoms with Crippen molar-refractivity contribution in [3.05, 3.63) is 33.8 Å². The van der Waals surface area contributed by atoms with Crippen LogP contribution in [0, 0.1) is 0 Å². The second kappa shape index (κ2) is 6.73. The summed E-state index contributed by atoms with van der Waals surface area (Å²) in [5, 5.41) is 1.04. The molecule has 0 radical (unpaired) electrons. The highest BCUT2D eigenvalue weighted by molar-refractivity contribution is 6.42. The molecular weight excluding hydrogens is 271 g/mol. The molecule has 0 aromatic heterocycles. The first-order valence-electron chi connectivity index (χ1n) is 6.01. The third-order valence-corrected chi connectivity index (χ3v) is 4.42. The van der Waals surface area contributed by atoms with Gasteiger partial charge in [-0.3, -0.25) is 11.3 Å². The smallest absolute Gasteiger partial charge is 0.0880 e. The van der Waals surface area contributed by atoms with Gasteiger partial charge in [0.25, 0.3) is 0 Å². The number of hydrogen-bond acceptors (Lipinski definition) is 3. The number of halogens is 2. The largest absolute Gasteiger partial charge is 0.376 e. The van der Waals surface area contributed by atoms with Gasteiger partial charge in [0.2, 0.25) is 0 Å². The average molecular weight is 291 g/mol. The maximum atomic E-state index is 6.26. The van der Waals surface area contributed by atoms with Gasteiger partial charge in [-0.15, -0.1) is 0 Å². The lowest BCUT2D eigenvalue weighted by Crippen LogP contribution is -2.47. The fraction of sp³-hybridized carbons (Fsp3) is 0.538. The fourth-order valence-electron chi connectivity index (χ4n) is 2.33. The molecule has 0 fully saturated rings. The van der Waals surface area contributed by atoms with Gasteiger partial charge in [-0.25, -0.2) is 0 Å². The van der Waals surface area contributed by atoms with E-state index in [-0.39, 0.29) is 6.04 Å². The predicted molar refractivity (Wildman–Crippen MR) is 76.8 cm³/mol. The number of rotatable bonds is 6. The summed E-state index contributed by atoms with van der Waals surface area (Å²) in [4.78, 5) is 0. The minimum atomic E-state index is -0.400. The third-order valence-electron chi connectivity index (χ3n) is 3.59. The van der Waals surface area contributed by atoms with Crippen molar-refractivity contribution in [1.82, 2.24) is 5.43 Å². The Balaban J connectivity index is 3.28. The molecule has 5 heteroatoms. The first-order chi connectivity index (χ1) is 8.56. The van der Waals surface area contributed by atoms with Crippen LogP contribution in [0.4, 0.5) is 0 Å². The molecule has 0 saturated heterocycles. The van der Waals surface area contributed by atoms with E-state index in [4.69, 9.17) is 33.8 Å². The maximum Gasteiger partial charge on any atom is 0.0880 e. The van der Waals surface area contributed by atoms with Crippen LogP contribution < -0.4 is 11.3 Å². The molecule has 3 nitrogen and oxygen atoms in total. The van der Waals surface area contributed by atoms with E-state index >= 15 is 0 Å². The van der Waals surface area contributed by atoms with Crippen LogP contribution >= 0.6 is 23.2 Å². The van der Waals surface area contributed by atoms with E-state index in [1.165, 1.54) is 0 Å². The topological polar surface area (TPSA) is 47.3 Å². The van der Waals surface area contributed by atoms with Crippen molar-refractivity contribution in [1.29, 1.82) is 0 Å². The summed E-state index contributed by atoms with van der Waals surface area (Å²) in [7, 11) is 1.69. The van der Waals surface area contributed by atoms with E-state index < -0.39 is 5.60 Å². The Morgan fingerprint density at radius 3 is 2.39 bits per heavy atom. The zero-order valence-corrected chi connectivity index (χ0v) is 12.5. The predicted octanol–water partition coefficient (Wildman–Crippen LogP) is 3.70. The molecule has 1 rings (SSSR count). The zero-order chi connectivity index (χ0) is 13.8. The lowest BCUT2D eigenvalue weighted by Gasteiger charge is -2.38. The van der Waals surface area contributed by atoms with Gasteiger partial charge in [-0.2, -0.15) is 0 Å². The van der Waals surface area contributed by atoms with Gasteiger partial charge in [0, 0.05) is 7.11 Å². The molecule has 3 N–H and O–H groups in total. The summed E-state index contributed by atoms with van der Waals surface area (Å²) >= 11 is 12.3. The second-order valence-electron chi connectivity index (χ2n) is 4.22. The highest BCUT2D eigenvalue weighted by atomic mass is 35.5. The number of hydrogen-bond donors (Lipinski definition) is 2. The molecule has 0 aliphatic rings. The van der Waals surface area contributed by atoms with Crippen molar-refractivity contribution in [2.75, 3.05) is 7.11 Å². The molecule has 18 heavy (non-hydrogen) atoms. The Kier molecular flexibility index (Phi) is 5.89. The Labute approximate surface area is 119 Å². The van der Waals surface area contributed by atoms with Crippen LogP contribution in [0.2, 0.25) is 10.0 Å². The van der Waals surface area contributed by atoms with Crippen LogP contribution in [-0.4, -0.2) is 12.7 Å². The van der Waals surface area contributed by atoms with Crippen LogP contribution in [0.15, 0.2) is 18.2 Å². The SMILES string of the molecule is CCC(CC)(OC)C(NN)c1cccc(Cl)c1Cl. The summed E-state index contributed by atoms with van der Waals surface area (Å²) in [6.45, 7) is 4.13. The molecule has 0 spiro atoms. The Morgan fingerprint density at radius 2 is 1.94 bits per heavy atom. The van der Waals surface area contributed by atoms with Crippen LogP contribution in [0.5, 0.6) is 0 Å². The summed E-state index contributed by atoms with van der Waals surface area (Å²) in [5.41, 5.74) is 3.27. The van der Waals surface area contributed by atoms with E-state index in [1.54, 1.807) is 13.2 Å². The molecule has 0 amide bonds. The van der Waals surface area contributed by atoms with E-state index in [0.29, 0.717) is 10.0 Å². The van der Waals surface area contributed by atoms with E-state index in [9.17, 15) is 0 Å². The molecule has 0 aliphatic carbocycles. The summed E-state index contributed by atoms with van der Waals surface area (Å²) in [6.07, 6.45) is 1.63. The number of hydrazine groups is 1. The number of ether oxygens (including phenoxy) is 1. The Bertz CT molecular complexity index is 386. The van der Waals surface area contributed by atoms with Crippen molar-refractivity contribution >= 4 is 23.2 Å². The number of methoxy groups -OCH3 is 1. The molecule has 1 unspecified atom stereocenters. The van der Waals surface area contributed by atoms with Crippen LogP contribution in [0.3, 0.4) is 0 Å². The van der Waals surface area contributed by atoms with E-state index in [2.05, 4.69) is 19.3 Å². The van der Waals surface area contributed by atoms with E-state index in [1.807, 2.05) is 12.1 Å². The van der Waals surface area contributed by atoms with Gasteiger partial charge in [0.15, 0.2) is 0 Å². The first-order valence-corrected chi connectivity index (χ1v) is 6.77. The Hall–Kier alpha value is -0.320. The van der Waals surface area contributed by atoms with Gasteiger partial charge in [0.05, 0.1) is 21.7 Å². The van der Waals surface area contributed by atoms with Crippen LogP contribution in [0.25, 0.3) is 0 Å². The maximum absolute atomic E-state index is 6.26. The zero-order valence-electron chi connectivity index (χ0n) is 11.0. The molecule has 1 aromatic rings. The molecule has 0 bridgehead atoms. The highest BCUT2D eigenvalue weighted by Crippen LogP contribution is 2.39. The van der Waals surface area contributed by atoms with Gasteiger partial charge in [0.1, 0.15) is 0 Å². The standard InChI is InChI=1S/C13H20Cl2N2O/c1-4-13(5-2,18-3)12(17-16)9-7-6-8-10(14)11(9)15/h6-8,12,17H,4-5,16H2,1-3H3. The van der Waals surface area contributed by atoms with Crippen molar-refractivity contribution in [3.63, 3.8) is 0 Å². The summed E-state index contributed by atoms with van der Waals surface area (Å²) in [5.74, 6) is 5.70. The lowest BCUT2D eigenvalue weighted by molar-refractivity contribution is -0.0486. The average Bonchev–Trinajstić information content (AvgIpc) is 2.40. The summed E-state index contributed by atoms with van der Waals surface area (Å²) < 4.78 is 5.69. The third kappa shape index (κ3) is 2.81. The minimum absolute atomic E-state index is 0.205. The normalized spacial score (nSPS) is 13.7. The summed E-state index contributed by atoms with van der Waals surface area (Å²) in [6, 6.07) is 5.33. The van der Waals surface area contributed by atoms with Crippen molar-refractivity contribution in [2.24, 2.45) is 5.84 Å². The molecule has 0 aliphatic heterocycles. The monoisotopic (exact) mass is 290 g/mol. The molecular formula is C13H20Cl2N2O. The fourth-order valence-corrected chi connectivity index (χ4v) is 2.75. The second-order valence-corrected chi connectivity index (χ2v) is 5.00. The Morgan fingerprint density at radius 1 is 1.33 bits per heavy atom. The highest BCUT2D eigenvalue weighted by Gasteiger charge is 2.37. The van der Waals surface area contributed by atoms with Crippen LogP contribution in [0.1, 0.15) is 38.3 Å². The van der Waals surface area contributed by atoms with Gasteiger partial charge < -0.3 is 4.74 Å². The number of benzene rings is 1. The molecule has 1 atom stereocenters. The first kappa shape index (κ1) is 15.7. The lowest BCUT2D eigenvalue weighted by atomic mass is 9.84.